The fraction of sp³-hybridized carbons (Fsp3) is 0.600. The molecule has 1 aromatic rings. The Morgan fingerprint density at radius 3 is 2.05 bits per heavy atom. The van der Waals surface area contributed by atoms with Crippen molar-refractivity contribution in [3.8, 4) is 11.5 Å². The third-order valence-electron chi connectivity index (χ3n) is 3.32. The zero-order valence-corrected chi connectivity index (χ0v) is 12.5. The van der Waals surface area contributed by atoms with Crippen LogP contribution in [0.25, 0.3) is 0 Å². The summed E-state index contributed by atoms with van der Waals surface area (Å²) in [7, 11) is 4.08. The second-order valence-corrected chi connectivity index (χ2v) is 5.71. The second-order valence-electron chi connectivity index (χ2n) is 5.71. The van der Waals surface area contributed by atoms with Crippen molar-refractivity contribution in [3.05, 3.63) is 23.8 Å². The minimum absolute atomic E-state index is 0.103. The van der Waals surface area contributed by atoms with Crippen molar-refractivity contribution in [2.24, 2.45) is 5.92 Å². The van der Waals surface area contributed by atoms with Gasteiger partial charge in [0.25, 0.3) is 0 Å². The maximum atomic E-state index is 9.88. The van der Waals surface area contributed by atoms with Crippen LogP contribution in [0.5, 0.6) is 11.5 Å². The predicted molar refractivity (Wildman–Crippen MR) is 78.5 cm³/mol. The van der Waals surface area contributed by atoms with Crippen molar-refractivity contribution in [1.29, 1.82) is 0 Å². The lowest BCUT2D eigenvalue weighted by Gasteiger charge is -2.29. The van der Waals surface area contributed by atoms with Crippen molar-refractivity contribution < 1.29 is 10.2 Å². The van der Waals surface area contributed by atoms with Crippen LogP contribution in [0, 0.1) is 5.92 Å². The van der Waals surface area contributed by atoms with E-state index in [2.05, 4.69) is 24.1 Å². The maximum Gasteiger partial charge on any atom is 0.124 e. The number of nitrogens with zero attached hydrogens (tertiary/aromatic N) is 1. The van der Waals surface area contributed by atoms with Gasteiger partial charge in [-0.3, -0.25) is 0 Å². The van der Waals surface area contributed by atoms with E-state index >= 15 is 0 Å². The van der Waals surface area contributed by atoms with Gasteiger partial charge in [-0.1, -0.05) is 19.9 Å². The molecule has 0 saturated carbocycles. The molecule has 0 bridgehead atoms. The molecule has 0 aliphatic carbocycles. The van der Waals surface area contributed by atoms with Crippen LogP contribution in [0.4, 0.5) is 0 Å². The third kappa shape index (κ3) is 4.40. The fourth-order valence-electron chi connectivity index (χ4n) is 2.24. The third-order valence-corrected chi connectivity index (χ3v) is 3.32. The van der Waals surface area contributed by atoms with Crippen LogP contribution in [0.1, 0.15) is 32.4 Å². The first-order valence-electron chi connectivity index (χ1n) is 6.74. The molecule has 19 heavy (non-hydrogen) atoms. The first-order valence-corrected chi connectivity index (χ1v) is 6.74. The number of hydrogen-bond donors (Lipinski definition) is 3. The van der Waals surface area contributed by atoms with Crippen LogP contribution in [0.15, 0.2) is 18.2 Å². The number of likely N-dealkylation sites (N-methyl/N-ethyl adjacent to an activating group) is 1. The molecule has 4 nitrogen and oxygen atoms in total. The minimum Gasteiger partial charge on any atom is -0.507 e. The van der Waals surface area contributed by atoms with E-state index in [-0.39, 0.29) is 17.5 Å². The van der Waals surface area contributed by atoms with Crippen molar-refractivity contribution in [2.45, 2.75) is 32.9 Å². The topological polar surface area (TPSA) is 55.7 Å². The van der Waals surface area contributed by atoms with Gasteiger partial charge in [-0.15, -0.1) is 0 Å². The lowest BCUT2D eigenvalue weighted by atomic mass is 9.99. The lowest BCUT2D eigenvalue weighted by molar-refractivity contribution is 0.270. The van der Waals surface area contributed by atoms with Gasteiger partial charge in [0.05, 0.1) is 5.56 Å². The number of benzene rings is 1. The second kappa shape index (κ2) is 6.78. The van der Waals surface area contributed by atoms with E-state index < -0.39 is 0 Å². The molecule has 108 valence electrons. The first kappa shape index (κ1) is 15.8. The number of nitrogens with one attached hydrogen (secondary N) is 1. The Bertz CT molecular complexity index is 385. The Hall–Kier alpha value is -1.26. The predicted octanol–water partition coefficient (Wildman–Crippen LogP) is 2.33. The fourth-order valence-corrected chi connectivity index (χ4v) is 2.24. The monoisotopic (exact) mass is 266 g/mol. The summed E-state index contributed by atoms with van der Waals surface area (Å²) >= 11 is 0. The number of phenols is 2. The van der Waals surface area contributed by atoms with E-state index in [1.807, 2.05) is 21.0 Å². The van der Waals surface area contributed by atoms with Gasteiger partial charge in [0.2, 0.25) is 0 Å². The summed E-state index contributed by atoms with van der Waals surface area (Å²) < 4.78 is 0. The number of rotatable bonds is 6. The summed E-state index contributed by atoms with van der Waals surface area (Å²) in [6.07, 6.45) is 0. The van der Waals surface area contributed by atoms with Gasteiger partial charge in [0.15, 0.2) is 0 Å². The molecule has 2 atom stereocenters. The van der Waals surface area contributed by atoms with Gasteiger partial charge in [0, 0.05) is 18.6 Å². The molecule has 0 aromatic heterocycles. The Labute approximate surface area is 116 Å². The first-order chi connectivity index (χ1) is 8.82. The summed E-state index contributed by atoms with van der Waals surface area (Å²) in [6.45, 7) is 7.20. The Kier molecular flexibility index (Phi) is 5.63. The van der Waals surface area contributed by atoms with Gasteiger partial charge in [-0.2, -0.15) is 0 Å². The number of aromatic hydroxyl groups is 2. The Morgan fingerprint density at radius 2 is 1.63 bits per heavy atom. The van der Waals surface area contributed by atoms with Crippen LogP contribution in [-0.4, -0.2) is 41.8 Å². The van der Waals surface area contributed by atoms with Crippen LogP contribution in [0.3, 0.4) is 0 Å². The van der Waals surface area contributed by atoms with E-state index in [0.29, 0.717) is 17.5 Å². The highest BCUT2D eigenvalue weighted by Crippen LogP contribution is 2.32. The largest absolute Gasteiger partial charge is 0.507 e. The normalized spacial score (nSPS) is 14.9. The van der Waals surface area contributed by atoms with Crippen molar-refractivity contribution in [1.82, 2.24) is 10.2 Å². The van der Waals surface area contributed by atoms with Gasteiger partial charge < -0.3 is 20.4 Å². The quantitative estimate of drug-likeness (QED) is 0.740. The molecule has 0 spiro atoms. The van der Waals surface area contributed by atoms with Crippen LogP contribution in [0.2, 0.25) is 0 Å². The summed E-state index contributed by atoms with van der Waals surface area (Å²) in [6, 6.07) is 5.03. The summed E-state index contributed by atoms with van der Waals surface area (Å²) in [5, 5.41) is 23.3. The standard InChI is InChI=1S/C15H26N2O2/c1-10(2)12(9-17(4)5)16-11(3)15-13(18)7-6-8-14(15)19/h6-8,10-12,16,18-19H,9H2,1-5H3. The average Bonchev–Trinajstić information content (AvgIpc) is 2.27. The highest BCUT2D eigenvalue weighted by atomic mass is 16.3. The molecule has 1 rings (SSSR count). The van der Waals surface area contributed by atoms with E-state index in [1.54, 1.807) is 18.2 Å². The molecule has 0 saturated heterocycles. The molecule has 3 N–H and O–H groups in total. The molecule has 1 aromatic carbocycles. The molecule has 0 radical (unpaired) electrons. The lowest BCUT2D eigenvalue weighted by Crippen LogP contribution is -2.43. The van der Waals surface area contributed by atoms with Crippen LogP contribution >= 0.6 is 0 Å². The molecule has 4 heteroatoms. The number of phenolic OH excluding ortho intramolecular Hbond substituents is 2. The highest BCUT2D eigenvalue weighted by molar-refractivity contribution is 5.44. The zero-order chi connectivity index (χ0) is 14.6. The van der Waals surface area contributed by atoms with Gasteiger partial charge in [-0.05, 0) is 39.1 Å². The zero-order valence-electron chi connectivity index (χ0n) is 12.5. The van der Waals surface area contributed by atoms with Gasteiger partial charge in [0.1, 0.15) is 11.5 Å². The Balaban J connectivity index is 2.84. The minimum atomic E-state index is -0.103. The van der Waals surface area contributed by atoms with E-state index in [4.69, 9.17) is 0 Å². The van der Waals surface area contributed by atoms with Gasteiger partial charge in [-0.25, -0.2) is 0 Å². The van der Waals surface area contributed by atoms with E-state index in [9.17, 15) is 10.2 Å². The number of hydrogen-bond acceptors (Lipinski definition) is 4. The molecular weight excluding hydrogens is 240 g/mol. The van der Waals surface area contributed by atoms with Crippen molar-refractivity contribution in [3.63, 3.8) is 0 Å². The summed E-state index contributed by atoms with van der Waals surface area (Å²) in [5.74, 6) is 0.734. The highest BCUT2D eigenvalue weighted by Gasteiger charge is 2.21. The van der Waals surface area contributed by atoms with E-state index in [1.165, 1.54) is 0 Å². The van der Waals surface area contributed by atoms with Crippen LogP contribution in [-0.2, 0) is 0 Å². The summed E-state index contributed by atoms with van der Waals surface area (Å²) in [5.41, 5.74) is 0.562. The molecule has 0 amide bonds. The SMILES string of the molecule is CC(NC(CN(C)C)C(C)C)c1c(O)cccc1O. The summed E-state index contributed by atoms with van der Waals surface area (Å²) in [4.78, 5) is 2.13. The average molecular weight is 266 g/mol. The molecule has 0 aliphatic rings. The smallest absolute Gasteiger partial charge is 0.124 e. The molecule has 2 unspecified atom stereocenters. The van der Waals surface area contributed by atoms with E-state index in [0.717, 1.165) is 6.54 Å². The van der Waals surface area contributed by atoms with Crippen LogP contribution < -0.4 is 5.32 Å². The van der Waals surface area contributed by atoms with Crippen molar-refractivity contribution >= 4 is 0 Å². The molecule has 0 aliphatic heterocycles. The van der Waals surface area contributed by atoms with Gasteiger partial charge >= 0.3 is 0 Å². The molecule has 0 heterocycles. The van der Waals surface area contributed by atoms with Crippen molar-refractivity contribution in [2.75, 3.05) is 20.6 Å². The molecular formula is C15H26N2O2. The maximum absolute atomic E-state index is 9.88. The Morgan fingerprint density at radius 1 is 1.11 bits per heavy atom. The molecule has 0 fully saturated rings.